The number of nitrogens with zero attached hydrogens (tertiary/aromatic N) is 1. The SMILES string of the molecule is CCN(CC)C(=O)C(C)NC(=O)C1CCC(C(=O)O)CC1. The van der Waals surface area contributed by atoms with Crippen molar-refractivity contribution in [3.05, 3.63) is 0 Å². The van der Waals surface area contributed by atoms with E-state index in [0.717, 1.165) is 0 Å². The number of nitrogens with one attached hydrogen (secondary N) is 1. The first kappa shape index (κ1) is 17.5. The van der Waals surface area contributed by atoms with Gasteiger partial charge in [0.25, 0.3) is 0 Å². The van der Waals surface area contributed by atoms with E-state index in [1.165, 1.54) is 0 Å². The number of amides is 2. The fourth-order valence-electron chi connectivity index (χ4n) is 2.80. The van der Waals surface area contributed by atoms with Crippen LogP contribution in [-0.2, 0) is 14.4 Å². The molecule has 21 heavy (non-hydrogen) atoms. The van der Waals surface area contributed by atoms with Crippen LogP contribution >= 0.6 is 0 Å². The maximum atomic E-state index is 12.2. The number of likely N-dealkylation sites (N-methyl/N-ethyl adjacent to an activating group) is 1. The van der Waals surface area contributed by atoms with E-state index in [1.54, 1.807) is 11.8 Å². The molecule has 1 aliphatic rings. The van der Waals surface area contributed by atoms with Gasteiger partial charge in [-0.2, -0.15) is 0 Å². The minimum absolute atomic E-state index is 0.0763. The van der Waals surface area contributed by atoms with Crippen molar-refractivity contribution in [3.63, 3.8) is 0 Å². The van der Waals surface area contributed by atoms with Crippen molar-refractivity contribution < 1.29 is 19.5 Å². The molecular weight excluding hydrogens is 272 g/mol. The third-order valence-corrected chi connectivity index (χ3v) is 4.25. The lowest BCUT2D eigenvalue weighted by atomic mass is 9.81. The van der Waals surface area contributed by atoms with Crippen LogP contribution in [0, 0.1) is 11.8 Å². The number of hydrogen-bond acceptors (Lipinski definition) is 3. The van der Waals surface area contributed by atoms with Crippen LogP contribution in [-0.4, -0.2) is 46.9 Å². The minimum Gasteiger partial charge on any atom is -0.481 e. The van der Waals surface area contributed by atoms with E-state index in [2.05, 4.69) is 5.32 Å². The Morgan fingerprint density at radius 2 is 1.57 bits per heavy atom. The van der Waals surface area contributed by atoms with E-state index in [9.17, 15) is 14.4 Å². The molecule has 0 aliphatic heterocycles. The first-order valence-corrected chi connectivity index (χ1v) is 7.72. The van der Waals surface area contributed by atoms with E-state index in [1.807, 2.05) is 13.8 Å². The predicted octanol–water partition coefficient (Wildman–Crippen LogP) is 1.25. The Balaban J connectivity index is 2.47. The van der Waals surface area contributed by atoms with Gasteiger partial charge in [-0.3, -0.25) is 14.4 Å². The van der Waals surface area contributed by atoms with Crippen molar-refractivity contribution in [1.82, 2.24) is 10.2 Å². The summed E-state index contributed by atoms with van der Waals surface area (Å²) >= 11 is 0. The summed E-state index contributed by atoms with van der Waals surface area (Å²) in [4.78, 5) is 36.8. The summed E-state index contributed by atoms with van der Waals surface area (Å²) in [5.41, 5.74) is 0. The number of carboxylic acid groups (broad SMARTS) is 1. The van der Waals surface area contributed by atoms with Crippen LogP contribution in [0.1, 0.15) is 46.5 Å². The summed E-state index contributed by atoms with van der Waals surface area (Å²) in [6, 6.07) is -0.533. The molecule has 0 spiro atoms. The maximum absolute atomic E-state index is 12.2. The second-order valence-corrected chi connectivity index (χ2v) is 5.63. The Morgan fingerprint density at radius 1 is 1.10 bits per heavy atom. The standard InChI is InChI=1S/C15H26N2O4/c1-4-17(5-2)14(19)10(3)16-13(18)11-6-8-12(9-7-11)15(20)21/h10-12H,4-9H2,1-3H3,(H,16,18)(H,20,21). The molecule has 0 aromatic heterocycles. The topological polar surface area (TPSA) is 86.7 Å². The number of hydrogen-bond donors (Lipinski definition) is 2. The van der Waals surface area contributed by atoms with Crippen molar-refractivity contribution in [2.45, 2.75) is 52.5 Å². The van der Waals surface area contributed by atoms with Crippen LogP contribution in [0.2, 0.25) is 0 Å². The van der Waals surface area contributed by atoms with Crippen LogP contribution in [0.4, 0.5) is 0 Å². The molecule has 0 saturated heterocycles. The predicted molar refractivity (Wildman–Crippen MR) is 78.6 cm³/mol. The summed E-state index contributed by atoms with van der Waals surface area (Å²) < 4.78 is 0. The van der Waals surface area contributed by atoms with Crippen LogP contribution < -0.4 is 5.32 Å². The van der Waals surface area contributed by atoms with E-state index in [-0.39, 0.29) is 23.7 Å². The molecule has 0 bridgehead atoms. The molecule has 0 aromatic rings. The molecule has 1 fully saturated rings. The minimum atomic E-state index is -0.779. The van der Waals surface area contributed by atoms with Gasteiger partial charge in [0, 0.05) is 19.0 Å². The highest BCUT2D eigenvalue weighted by Crippen LogP contribution is 2.29. The lowest BCUT2D eigenvalue weighted by Crippen LogP contribution is -2.48. The fraction of sp³-hybridized carbons (Fsp3) is 0.800. The Kier molecular flexibility index (Phi) is 6.65. The van der Waals surface area contributed by atoms with Gasteiger partial charge in [0.1, 0.15) is 6.04 Å². The molecule has 1 rings (SSSR count). The molecular formula is C15H26N2O4. The molecule has 1 unspecified atom stereocenters. The molecule has 1 aliphatic carbocycles. The lowest BCUT2D eigenvalue weighted by molar-refractivity contribution is -0.144. The molecule has 0 aromatic carbocycles. The highest BCUT2D eigenvalue weighted by atomic mass is 16.4. The van der Waals surface area contributed by atoms with Gasteiger partial charge < -0.3 is 15.3 Å². The zero-order chi connectivity index (χ0) is 16.0. The monoisotopic (exact) mass is 298 g/mol. The molecule has 6 heteroatoms. The fourth-order valence-corrected chi connectivity index (χ4v) is 2.80. The Morgan fingerprint density at radius 3 is 2.00 bits per heavy atom. The Bertz CT molecular complexity index is 385. The van der Waals surface area contributed by atoms with Crippen LogP contribution in [0.15, 0.2) is 0 Å². The van der Waals surface area contributed by atoms with Crippen molar-refractivity contribution in [2.24, 2.45) is 11.8 Å². The maximum Gasteiger partial charge on any atom is 0.306 e. The molecule has 2 amide bonds. The first-order chi connectivity index (χ1) is 9.90. The van der Waals surface area contributed by atoms with Crippen LogP contribution in [0.25, 0.3) is 0 Å². The van der Waals surface area contributed by atoms with Gasteiger partial charge in [0.2, 0.25) is 11.8 Å². The number of aliphatic carboxylic acids is 1. The van der Waals surface area contributed by atoms with Gasteiger partial charge in [-0.15, -0.1) is 0 Å². The summed E-state index contributed by atoms with van der Waals surface area (Å²) in [5, 5.41) is 11.7. The number of rotatable bonds is 6. The molecule has 2 N–H and O–H groups in total. The second-order valence-electron chi connectivity index (χ2n) is 5.63. The molecule has 0 heterocycles. The quantitative estimate of drug-likeness (QED) is 0.772. The molecule has 1 atom stereocenters. The normalized spacial score (nSPS) is 23.2. The third kappa shape index (κ3) is 4.72. The van der Waals surface area contributed by atoms with Gasteiger partial charge in [-0.1, -0.05) is 0 Å². The summed E-state index contributed by atoms with van der Waals surface area (Å²) in [6.45, 7) is 6.76. The molecule has 120 valence electrons. The zero-order valence-corrected chi connectivity index (χ0v) is 13.1. The van der Waals surface area contributed by atoms with Gasteiger partial charge in [0.05, 0.1) is 5.92 Å². The van der Waals surface area contributed by atoms with Crippen molar-refractivity contribution in [3.8, 4) is 0 Å². The second kappa shape index (κ2) is 8.00. The van der Waals surface area contributed by atoms with E-state index in [0.29, 0.717) is 38.8 Å². The highest BCUT2D eigenvalue weighted by molar-refractivity contribution is 5.88. The van der Waals surface area contributed by atoms with E-state index < -0.39 is 12.0 Å². The van der Waals surface area contributed by atoms with Gasteiger partial charge >= 0.3 is 5.97 Å². The average Bonchev–Trinajstić information content (AvgIpc) is 2.48. The van der Waals surface area contributed by atoms with Crippen molar-refractivity contribution in [2.75, 3.05) is 13.1 Å². The van der Waals surface area contributed by atoms with Gasteiger partial charge in [-0.25, -0.2) is 0 Å². The van der Waals surface area contributed by atoms with Crippen molar-refractivity contribution >= 4 is 17.8 Å². The van der Waals surface area contributed by atoms with Crippen molar-refractivity contribution in [1.29, 1.82) is 0 Å². The van der Waals surface area contributed by atoms with E-state index >= 15 is 0 Å². The van der Waals surface area contributed by atoms with Crippen LogP contribution in [0.3, 0.4) is 0 Å². The van der Waals surface area contributed by atoms with Gasteiger partial charge in [-0.05, 0) is 46.5 Å². The zero-order valence-electron chi connectivity index (χ0n) is 13.1. The van der Waals surface area contributed by atoms with E-state index in [4.69, 9.17) is 5.11 Å². The molecule has 6 nitrogen and oxygen atoms in total. The number of carboxylic acids is 1. The number of carbonyl (C=O) groups excluding carboxylic acids is 2. The third-order valence-electron chi connectivity index (χ3n) is 4.25. The highest BCUT2D eigenvalue weighted by Gasteiger charge is 2.31. The average molecular weight is 298 g/mol. The van der Waals surface area contributed by atoms with Gasteiger partial charge in [0.15, 0.2) is 0 Å². The summed E-state index contributed by atoms with van der Waals surface area (Å²) in [7, 11) is 0. The smallest absolute Gasteiger partial charge is 0.306 e. The molecule has 0 radical (unpaired) electrons. The Hall–Kier alpha value is -1.59. The largest absolute Gasteiger partial charge is 0.481 e. The summed E-state index contributed by atoms with van der Waals surface area (Å²) in [5.74, 6) is -1.49. The Labute approximate surface area is 125 Å². The first-order valence-electron chi connectivity index (χ1n) is 7.72. The number of carbonyl (C=O) groups is 3. The lowest BCUT2D eigenvalue weighted by Gasteiger charge is -2.28. The molecule has 1 saturated carbocycles. The summed E-state index contributed by atoms with van der Waals surface area (Å²) in [6.07, 6.45) is 2.22. The van der Waals surface area contributed by atoms with Crippen LogP contribution in [0.5, 0.6) is 0 Å².